The number of fused-ring (bicyclic) bond motifs is 1. The molecule has 0 bridgehead atoms. The maximum absolute atomic E-state index is 11.9. The molecule has 4 rings (SSSR count). The van der Waals surface area contributed by atoms with Gasteiger partial charge in [0.1, 0.15) is 5.84 Å². The van der Waals surface area contributed by atoms with Crippen molar-refractivity contribution in [1.82, 2.24) is 5.43 Å². The number of anilines is 1. The Kier molecular flexibility index (Phi) is 5.02. The molecule has 2 aromatic carbocycles. The molecular formula is C22H23N5O. The first-order valence-electron chi connectivity index (χ1n) is 9.50. The SMILES string of the molecule is CC1CC(NN=Cc2ccccc2)=NN=C1c1ccc2c(c1)CCC(=O)N2C. The summed E-state index contributed by atoms with van der Waals surface area (Å²) < 4.78 is 0. The zero-order chi connectivity index (χ0) is 19.5. The second-order valence-corrected chi connectivity index (χ2v) is 7.21. The van der Waals surface area contributed by atoms with Crippen molar-refractivity contribution in [2.45, 2.75) is 26.2 Å². The highest BCUT2D eigenvalue weighted by Gasteiger charge is 2.24. The molecule has 1 atom stereocenters. The fourth-order valence-corrected chi connectivity index (χ4v) is 3.59. The number of hydrazone groups is 1. The highest BCUT2D eigenvalue weighted by atomic mass is 16.2. The highest BCUT2D eigenvalue weighted by molar-refractivity contribution is 6.07. The molecule has 0 aromatic heterocycles. The average Bonchev–Trinajstić information content (AvgIpc) is 2.71. The van der Waals surface area contributed by atoms with Crippen molar-refractivity contribution in [3.8, 4) is 0 Å². The third-order valence-electron chi connectivity index (χ3n) is 5.17. The van der Waals surface area contributed by atoms with Gasteiger partial charge in [-0.25, -0.2) is 0 Å². The summed E-state index contributed by atoms with van der Waals surface area (Å²) in [5.74, 6) is 1.15. The summed E-state index contributed by atoms with van der Waals surface area (Å²) in [6.45, 7) is 2.14. The summed E-state index contributed by atoms with van der Waals surface area (Å²) in [4.78, 5) is 13.6. The van der Waals surface area contributed by atoms with Gasteiger partial charge in [0.15, 0.2) is 0 Å². The number of nitrogens with zero attached hydrogens (tertiary/aromatic N) is 4. The van der Waals surface area contributed by atoms with Crippen LogP contribution in [-0.2, 0) is 11.2 Å². The molecule has 1 amide bonds. The van der Waals surface area contributed by atoms with Crippen molar-refractivity contribution < 1.29 is 4.79 Å². The summed E-state index contributed by atoms with van der Waals surface area (Å²) >= 11 is 0. The number of benzene rings is 2. The molecule has 0 saturated carbocycles. The Labute approximate surface area is 164 Å². The van der Waals surface area contributed by atoms with E-state index in [-0.39, 0.29) is 11.8 Å². The van der Waals surface area contributed by atoms with Crippen LogP contribution in [0.1, 0.15) is 36.5 Å². The van der Waals surface area contributed by atoms with Crippen molar-refractivity contribution in [2.75, 3.05) is 11.9 Å². The quantitative estimate of drug-likeness (QED) is 0.662. The van der Waals surface area contributed by atoms with Gasteiger partial charge in [-0.05, 0) is 35.2 Å². The van der Waals surface area contributed by atoms with Crippen molar-refractivity contribution in [3.63, 3.8) is 0 Å². The zero-order valence-corrected chi connectivity index (χ0v) is 16.1. The first-order valence-corrected chi connectivity index (χ1v) is 9.50. The summed E-state index contributed by atoms with van der Waals surface area (Å²) in [6.07, 6.45) is 3.85. The van der Waals surface area contributed by atoms with Crippen molar-refractivity contribution >= 4 is 29.4 Å². The van der Waals surface area contributed by atoms with Gasteiger partial charge in [-0.2, -0.15) is 10.2 Å². The number of amidine groups is 1. The molecule has 1 N–H and O–H groups in total. The first-order chi connectivity index (χ1) is 13.6. The molecule has 2 heterocycles. The largest absolute Gasteiger partial charge is 0.315 e. The number of aryl methyl sites for hydroxylation is 1. The number of carbonyl (C=O) groups is 1. The molecule has 6 nitrogen and oxygen atoms in total. The number of hydrogen-bond acceptors (Lipinski definition) is 5. The molecule has 2 aromatic rings. The Balaban J connectivity index is 1.50. The summed E-state index contributed by atoms with van der Waals surface area (Å²) in [7, 11) is 1.83. The Bertz CT molecular complexity index is 978. The predicted octanol–water partition coefficient (Wildman–Crippen LogP) is 3.36. The van der Waals surface area contributed by atoms with Crippen molar-refractivity contribution in [1.29, 1.82) is 0 Å². The Hall–Kier alpha value is -3.28. The van der Waals surface area contributed by atoms with Crippen molar-refractivity contribution in [2.24, 2.45) is 21.2 Å². The molecule has 28 heavy (non-hydrogen) atoms. The lowest BCUT2D eigenvalue weighted by Crippen LogP contribution is -2.31. The molecule has 2 aliphatic rings. The smallest absolute Gasteiger partial charge is 0.227 e. The summed E-state index contributed by atoms with van der Waals surface area (Å²) in [5, 5.41) is 13.0. The van der Waals surface area contributed by atoms with Crippen LogP contribution in [0.4, 0.5) is 5.69 Å². The predicted molar refractivity (Wildman–Crippen MR) is 113 cm³/mol. The number of hydrogen-bond donors (Lipinski definition) is 1. The highest BCUT2D eigenvalue weighted by Crippen LogP contribution is 2.29. The average molecular weight is 373 g/mol. The van der Waals surface area contributed by atoms with Gasteiger partial charge in [0.2, 0.25) is 5.91 Å². The van der Waals surface area contributed by atoms with Crippen LogP contribution in [-0.4, -0.2) is 30.7 Å². The summed E-state index contributed by atoms with van der Waals surface area (Å²) in [6, 6.07) is 16.1. The van der Waals surface area contributed by atoms with E-state index < -0.39 is 0 Å². The third-order valence-corrected chi connectivity index (χ3v) is 5.17. The van der Waals surface area contributed by atoms with Gasteiger partial charge < -0.3 is 4.90 Å². The van der Waals surface area contributed by atoms with E-state index in [9.17, 15) is 4.79 Å². The molecule has 0 fully saturated rings. The van der Waals surface area contributed by atoms with Crippen LogP contribution in [0.25, 0.3) is 0 Å². The van der Waals surface area contributed by atoms with Gasteiger partial charge in [-0.3, -0.25) is 10.2 Å². The number of rotatable bonds is 3. The van der Waals surface area contributed by atoms with Crippen LogP contribution in [0.15, 0.2) is 63.8 Å². The Morgan fingerprint density at radius 3 is 2.75 bits per heavy atom. The molecule has 0 radical (unpaired) electrons. The fraction of sp³-hybridized carbons (Fsp3) is 0.273. The van der Waals surface area contributed by atoms with Gasteiger partial charge >= 0.3 is 0 Å². The number of nitrogens with one attached hydrogen (secondary N) is 1. The van der Waals surface area contributed by atoms with Gasteiger partial charge in [0, 0.05) is 31.5 Å². The normalized spacial score (nSPS) is 19.3. The molecule has 142 valence electrons. The second kappa shape index (κ2) is 7.76. The van der Waals surface area contributed by atoms with E-state index in [1.165, 1.54) is 5.56 Å². The Morgan fingerprint density at radius 1 is 1.14 bits per heavy atom. The van der Waals surface area contributed by atoms with Gasteiger partial charge in [-0.1, -0.05) is 43.3 Å². The lowest BCUT2D eigenvalue weighted by atomic mass is 9.91. The molecule has 0 aliphatic carbocycles. The minimum absolute atomic E-state index is 0.167. The topological polar surface area (TPSA) is 69.4 Å². The Morgan fingerprint density at radius 2 is 1.96 bits per heavy atom. The van der Waals surface area contributed by atoms with E-state index in [2.05, 4.69) is 33.7 Å². The molecule has 0 spiro atoms. The molecular weight excluding hydrogens is 350 g/mol. The minimum Gasteiger partial charge on any atom is -0.315 e. The van der Waals surface area contributed by atoms with Crippen LogP contribution >= 0.6 is 0 Å². The van der Waals surface area contributed by atoms with Crippen LogP contribution < -0.4 is 10.3 Å². The zero-order valence-electron chi connectivity index (χ0n) is 16.1. The van der Waals surface area contributed by atoms with E-state index in [1.54, 1.807) is 11.1 Å². The fourth-order valence-electron chi connectivity index (χ4n) is 3.59. The van der Waals surface area contributed by atoms with E-state index in [0.717, 1.165) is 41.2 Å². The number of amides is 1. The maximum atomic E-state index is 11.9. The van der Waals surface area contributed by atoms with E-state index in [0.29, 0.717) is 6.42 Å². The number of carbonyl (C=O) groups excluding carboxylic acids is 1. The summed E-state index contributed by atoms with van der Waals surface area (Å²) in [5.41, 5.74) is 8.26. The lowest BCUT2D eigenvalue weighted by Gasteiger charge is -2.27. The van der Waals surface area contributed by atoms with Crippen LogP contribution in [0.3, 0.4) is 0 Å². The third kappa shape index (κ3) is 3.71. The molecule has 6 heteroatoms. The van der Waals surface area contributed by atoms with Gasteiger partial charge in [0.05, 0.1) is 11.9 Å². The first kappa shape index (κ1) is 18.1. The van der Waals surface area contributed by atoms with Crippen LogP contribution in [0.2, 0.25) is 0 Å². The van der Waals surface area contributed by atoms with Gasteiger partial charge in [-0.15, -0.1) is 5.10 Å². The minimum atomic E-state index is 0.167. The molecule has 1 unspecified atom stereocenters. The lowest BCUT2D eigenvalue weighted by molar-refractivity contribution is -0.118. The standard InChI is InChI=1S/C22H23N5O/c1-15-12-20(24-23-14-16-6-4-3-5-7-16)25-26-22(15)18-8-10-19-17(13-18)9-11-21(28)27(19)2/h3-8,10,13-15H,9,11-12H2,1-2H3,(H,24,25). The second-order valence-electron chi connectivity index (χ2n) is 7.21. The molecule has 0 saturated heterocycles. The van der Waals surface area contributed by atoms with Crippen LogP contribution in [0.5, 0.6) is 0 Å². The van der Waals surface area contributed by atoms with E-state index >= 15 is 0 Å². The maximum Gasteiger partial charge on any atom is 0.227 e. The van der Waals surface area contributed by atoms with E-state index in [4.69, 9.17) is 0 Å². The van der Waals surface area contributed by atoms with Crippen LogP contribution in [0, 0.1) is 5.92 Å². The van der Waals surface area contributed by atoms with Crippen molar-refractivity contribution in [3.05, 3.63) is 65.2 Å². The van der Waals surface area contributed by atoms with Gasteiger partial charge in [0.25, 0.3) is 0 Å². The van der Waals surface area contributed by atoms with E-state index in [1.807, 2.05) is 49.5 Å². The monoisotopic (exact) mass is 373 g/mol. The molecule has 2 aliphatic heterocycles.